The van der Waals surface area contributed by atoms with Gasteiger partial charge in [-0.1, -0.05) is 49.7 Å². The molecule has 6 heteroatoms. The topological polar surface area (TPSA) is 81.5 Å². The van der Waals surface area contributed by atoms with Crippen LogP contribution in [0.5, 0.6) is 5.75 Å². The summed E-state index contributed by atoms with van der Waals surface area (Å²) >= 11 is 0. The van der Waals surface area contributed by atoms with Crippen molar-refractivity contribution in [3.63, 3.8) is 0 Å². The molecule has 0 aliphatic carbocycles. The molecule has 0 bridgehead atoms. The molecule has 0 spiro atoms. The maximum Gasteiger partial charge on any atom is 0.337 e. The van der Waals surface area contributed by atoms with Gasteiger partial charge in [0.1, 0.15) is 5.75 Å². The minimum Gasteiger partial charge on any atom is -0.493 e. The number of aliphatic carboxylic acids is 1. The summed E-state index contributed by atoms with van der Waals surface area (Å²) < 4.78 is 12.0. The molecule has 0 amide bonds. The standard InChI is InChI=1S/C35H34N2O4/c1-3-4-19-41-34(35(38)39)30-22(2)21-28-26(13-12-25(37-28)11-10-23-8-6-5-7-9-23)32(30)27-14-15-29-31-24(17-20-40-29)16-18-36-33(27)31/h5-9,12-16,18,21,34H,3-4,10-11,17,19-20H2,1-2H3,(H,38,39)/t34-/m1/s1. The summed E-state index contributed by atoms with van der Waals surface area (Å²) in [5, 5.41) is 12.3. The molecule has 6 nitrogen and oxygen atoms in total. The van der Waals surface area contributed by atoms with Crippen LogP contribution in [-0.2, 0) is 28.8 Å². The van der Waals surface area contributed by atoms with Crippen molar-refractivity contribution >= 4 is 27.8 Å². The highest BCUT2D eigenvalue weighted by atomic mass is 16.5. The number of hydrogen-bond acceptors (Lipinski definition) is 5. The first-order valence-corrected chi connectivity index (χ1v) is 14.4. The number of aryl methyl sites for hydroxylation is 3. The third kappa shape index (κ3) is 5.27. The van der Waals surface area contributed by atoms with Gasteiger partial charge in [0.2, 0.25) is 0 Å². The van der Waals surface area contributed by atoms with Gasteiger partial charge in [-0.15, -0.1) is 0 Å². The van der Waals surface area contributed by atoms with Crippen LogP contribution in [0.1, 0.15) is 53.8 Å². The first kappa shape index (κ1) is 26.9. The lowest BCUT2D eigenvalue weighted by atomic mass is 9.86. The van der Waals surface area contributed by atoms with Gasteiger partial charge in [0.25, 0.3) is 0 Å². The Labute approximate surface area is 240 Å². The van der Waals surface area contributed by atoms with E-state index in [0.29, 0.717) is 18.8 Å². The van der Waals surface area contributed by atoms with Crippen molar-refractivity contribution in [2.24, 2.45) is 0 Å². The van der Waals surface area contributed by atoms with Gasteiger partial charge < -0.3 is 14.6 Å². The molecule has 3 aromatic carbocycles. The number of fused-ring (bicyclic) bond motifs is 1. The van der Waals surface area contributed by atoms with Crippen molar-refractivity contribution in [1.82, 2.24) is 9.97 Å². The smallest absolute Gasteiger partial charge is 0.337 e. The summed E-state index contributed by atoms with van der Waals surface area (Å²) in [6.45, 7) is 5.02. The van der Waals surface area contributed by atoms with Gasteiger partial charge in [-0.3, -0.25) is 9.97 Å². The molecule has 0 fully saturated rings. The quantitative estimate of drug-likeness (QED) is 0.184. The monoisotopic (exact) mass is 546 g/mol. The number of unbranched alkanes of at least 4 members (excludes halogenated alkanes) is 1. The van der Waals surface area contributed by atoms with Crippen LogP contribution in [-0.4, -0.2) is 34.3 Å². The summed E-state index contributed by atoms with van der Waals surface area (Å²) in [6.07, 6.45) is 4.95. The van der Waals surface area contributed by atoms with Crippen LogP contribution < -0.4 is 4.74 Å². The van der Waals surface area contributed by atoms with E-state index in [1.165, 1.54) is 11.1 Å². The zero-order chi connectivity index (χ0) is 28.3. The molecule has 1 aliphatic rings. The van der Waals surface area contributed by atoms with Crippen molar-refractivity contribution in [2.75, 3.05) is 13.2 Å². The molecule has 3 heterocycles. The molecular weight excluding hydrogens is 512 g/mol. The average molecular weight is 547 g/mol. The summed E-state index contributed by atoms with van der Waals surface area (Å²) in [7, 11) is 0. The lowest BCUT2D eigenvalue weighted by Gasteiger charge is -2.24. The Morgan fingerprint density at radius 3 is 2.73 bits per heavy atom. The summed E-state index contributed by atoms with van der Waals surface area (Å²) in [5.74, 6) is -0.192. The largest absolute Gasteiger partial charge is 0.493 e. The van der Waals surface area contributed by atoms with E-state index in [9.17, 15) is 9.90 Å². The van der Waals surface area contributed by atoms with Gasteiger partial charge in [0.05, 0.1) is 17.6 Å². The van der Waals surface area contributed by atoms with E-state index in [4.69, 9.17) is 19.4 Å². The van der Waals surface area contributed by atoms with Crippen molar-refractivity contribution in [2.45, 2.75) is 52.1 Å². The van der Waals surface area contributed by atoms with Gasteiger partial charge >= 0.3 is 5.97 Å². The Morgan fingerprint density at radius 1 is 1.07 bits per heavy atom. The molecule has 0 unspecified atom stereocenters. The molecule has 0 saturated heterocycles. The van der Waals surface area contributed by atoms with Crippen LogP contribution in [0, 0.1) is 6.92 Å². The van der Waals surface area contributed by atoms with E-state index in [2.05, 4.69) is 43.3 Å². The van der Waals surface area contributed by atoms with E-state index < -0.39 is 12.1 Å². The first-order chi connectivity index (χ1) is 20.0. The molecule has 5 aromatic rings. The van der Waals surface area contributed by atoms with Crippen molar-refractivity contribution < 1.29 is 19.4 Å². The number of nitrogens with zero attached hydrogens (tertiary/aromatic N) is 2. The maximum absolute atomic E-state index is 12.7. The van der Waals surface area contributed by atoms with Gasteiger partial charge in [-0.2, -0.15) is 0 Å². The summed E-state index contributed by atoms with van der Waals surface area (Å²) in [6, 6.07) is 22.6. The summed E-state index contributed by atoms with van der Waals surface area (Å²) in [4.78, 5) is 22.6. The molecular formula is C35H34N2O4. The molecule has 41 heavy (non-hydrogen) atoms. The van der Waals surface area contributed by atoms with Crippen LogP contribution in [0.2, 0.25) is 0 Å². The fourth-order valence-electron chi connectivity index (χ4n) is 5.88. The lowest BCUT2D eigenvalue weighted by Crippen LogP contribution is -2.19. The Kier molecular flexibility index (Phi) is 7.66. The SMILES string of the molecule is CCCCO[C@@H](C(=O)O)c1c(C)cc2nc(CCc3ccccc3)ccc2c1-c1ccc2c3c(ccnc13)CCO2. The van der Waals surface area contributed by atoms with Crippen molar-refractivity contribution in [3.8, 4) is 16.9 Å². The third-order valence-corrected chi connectivity index (χ3v) is 7.92. The van der Waals surface area contributed by atoms with Crippen LogP contribution in [0.15, 0.2) is 72.9 Å². The number of pyridine rings is 2. The van der Waals surface area contributed by atoms with E-state index >= 15 is 0 Å². The number of ether oxygens (including phenoxy) is 2. The number of hydrogen-bond donors (Lipinski definition) is 1. The zero-order valence-corrected chi connectivity index (χ0v) is 23.5. The second-order valence-electron chi connectivity index (χ2n) is 10.7. The second-order valence-corrected chi connectivity index (χ2v) is 10.7. The normalized spacial score (nSPS) is 13.3. The van der Waals surface area contributed by atoms with Crippen molar-refractivity contribution in [3.05, 3.63) is 101 Å². The van der Waals surface area contributed by atoms with Crippen LogP contribution >= 0.6 is 0 Å². The number of aromatic nitrogens is 2. The molecule has 0 saturated carbocycles. The van der Waals surface area contributed by atoms with Crippen LogP contribution in [0.4, 0.5) is 0 Å². The lowest BCUT2D eigenvalue weighted by molar-refractivity contribution is -0.151. The molecule has 6 rings (SSSR count). The zero-order valence-electron chi connectivity index (χ0n) is 23.5. The number of carbonyl (C=O) groups is 1. The Bertz CT molecular complexity index is 1720. The molecule has 208 valence electrons. The maximum atomic E-state index is 12.7. The molecule has 2 aromatic heterocycles. The minimum atomic E-state index is -1.11. The minimum absolute atomic E-state index is 0.372. The number of rotatable bonds is 10. The molecule has 1 N–H and O–H groups in total. The Morgan fingerprint density at radius 2 is 1.93 bits per heavy atom. The molecule has 0 radical (unpaired) electrons. The van der Waals surface area contributed by atoms with Crippen LogP contribution in [0.25, 0.3) is 32.9 Å². The second kappa shape index (κ2) is 11.7. The number of carboxylic acids is 1. The van der Waals surface area contributed by atoms with Gasteiger partial charge in [-0.25, -0.2) is 4.79 Å². The van der Waals surface area contributed by atoms with E-state index in [1.807, 2.05) is 43.5 Å². The highest BCUT2D eigenvalue weighted by Gasteiger charge is 2.29. The summed E-state index contributed by atoms with van der Waals surface area (Å²) in [5.41, 5.74) is 8.26. The average Bonchev–Trinajstić information content (AvgIpc) is 2.99. The molecule has 1 aliphatic heterocycles. The van der Waals surface area contributed by atoms with Crippen LogP contribution in [0.3, 0.4) is 0 Å². The van der Waals surface area contributed by atoms with Gasteiger partial charge in [-0.05, 0) is 78.8 Å². The molecule has 1 atom stereocenters. The fraction of sp³-hybridized carbons (Fsp3) is 0.286. The van der Waals surface area contributed by atoms with Gasteiger partial charge in [0, 0.05) is 46.8 Å². The Hall–Kier alpha value is -4.29. The highest BCUT2D eigenvalue weighted by Crippen LogP contribution is 2.44. The number of carboxylic acid groups (broad SMARTS) is 1. The first-order valence-electron chi connectivity index (χ1n) is 14.4. The number of benzene rings is 3. The fourth-order valence-corrected chi connectivity index (χ4v) is 5.88. The van der Waals surface area contributed by atoms with Crippen molar-refractivity contribution in [1.29, 1.82) is 0 Å². The highest BCUT2D eigenvalue weighted by molar-refractivity contribution is 6.08. The third-order valence-electron chi connectivity index (χ3n) is 7.92. The van der Waals surface area contributed by atoms with Gasteiger partial charge in [0.15, 0.2) is 6.10 Å². The Balaban J connectivity index is 1.55. The van der Waals surface area contributed by atoms with E-state index in [1.54, 1.807) is 0 Å². The van der Waals surface area contributed by atoms with E-state index in [-0.39, 0.29) is 0 Å². The predicted molar refractivity (Wildman–Crippen MR) is 162 cm³/mol. The van der Waals surface area contributed by atoms with E-state index in [0.717, 1.165) is 82.0 Å². The predicted octanol–water partition coefficient (Wildman–Crippen LogP) is 7.42.